The Morgan fingerprint density at radius 2 is 2.00 bits per heavy atom. The molecule has 2 aromatic rings. The number of hydrogen-bond acceptors (Lipinski definition) is 4. The van der Waals surface area contributed by atoms with E-state index in [1.165, 1.54) is 30.3 Å². The Morgan fingerprint density at radius 1 is 1.28 bits per heavy atom. The largest absolute Gasteiger partial charge is 0.329 e. The minimum absolute atomic E-state index is 0.405. The lowest BCUT2D eigenvalue weighted by molar-refractivity contribution is 0.658. The highest BCUT2D eigenvalue weighted by atomic mass is 35.5. The van der Waals surface area contributed by atoms with Crippen molar-refractivity contribution in [3.05, 3.63) is 31.9 Å². The fourth-order valence-electron chi connectivity index (χ4n) is 2.58. The number of unbranched alkanes of at least 4 members (excludes halogenated alkanes) is 4. The molecule has 0 aliphatic heterocycles. The first-order valence-electron chi connectivity index (χ1n) is 8.60. The van der Waals surface area contributed by atoms with Crippen LogP contribution >= 0.6 is 23.4 Å². The van der Waals surface area contributed by atoms with E-state index in [1.54, 1.807) is 25.7 Å². The number of halogens is 1. The SMILES string of the molecule is CCCCCCCSc1nc2c(c(=O)[nH]c(=O)n2C)n1CC=C(C)Cl. The molecule has 8 heteroatoms. The molecule has 0 radical (unpaired) electrons. The van der Waals surface area contributed by atoms with Gasteiger partial charge >= 0.3 is 5.69 Å². The van der Waals surface area contributed by atoms with E-state index in [0.717, 1.165) is 17.3 Å². The number of H-pyrrole nitrogens is 1. The van der Waals surface area contributed by atoms with Gasteiger partial charge in [0.15, 0.2) is 16.3 Å². The number of aryl methyl sites for hydroxylation is 1. The molecule has 0 atom stereocenters. The van der Waals surface area contributed by atoms with Gasteiger partial charge in [-0.2, -0.15) is 0 Å². The van der Waals surface area contributed by atoms with Gasteiger partial charge in [0.05, 0.1) is 0 Å². The monoisotopic (exact) mass is 384 g/mol. The minimum atomic E-state index is -0.456. The lowest BCUT2D eigenvalue weighted by atomic mass is 10.2. The first-order valence-corrected chi connectivity index (χ1v) is 9.96. The number of fused-ring (bicyclic) bond motifs is 1. The van der Waals surface area contributed by atoms with Crippen LogP contribution in [0, 0.1) is 0 Å². The lowest BCUT2D eigenvalue weighted by Crippen LogP contribution is -2.29. The van der Waals surface area contributed by atoms with Gasteiger partial charge in [0, 0.05) is 24.4 Å². The first kappa shape index (κ1) is 19.8. The van der Waals surface area contributed by atoms with Gasteiger partial charge in [-0.25, -0.2) is 9.78 Å². The molecule has 0 aliphatic carbocycles. The Kier molecular flexibility index (Phi) is 7.38. The van der Waals surface area contributed by atoms with E-state index >= 15 is 0 Å². The van der Waals surface area contributed by atoms with Crippen molar-refractivity contribution < 1.29 is 0 Å². The number of nitrogens with one attached hydrogen (secondary N) is 1. The zero-order chi connectivity index (χ0) is 18.4. The molecule has 0 aliphatic rings. The van der Waals surface area contributed by atoms with Crippen LogP contribution in [0.5, 0.6) is 0 Å². The third-order valence-electron chi connectivity index (χ3n) is 4.01. The highest BCUT2D eigenvalue weighted by molar-refractivity contribution is 7.99. The van der Waals surface area contributed by atoms with Crippen molar-refractivity contribution in [3.8, 4) is 0 Å². The Labute approximate surface area is 156 Å². The summed E-state index contributed by atoms with van der Waals surface area (Å²) in [6, 6.07) is 0. The van der Waals surface area contributed by atoms with Crippen LogP contribution in [-0.2, 0) is 13.6 Å². The normalized spacial score (nSPS) is 12.2. The van der Waals surface area contributed by atoms with E-state index in [9.17, 15) is 9.59 Å². The zero-order valence-corrected chi connectivity index (χ0v) is 16.5. The Morgan fingerprint density at radius 3 is 2.68 bits per heavy atom. The zero-order valence-electron chi connectivity index (χ0n) is 15.0. The fourth-order valence-corrected chi connectivity index (χ4v) is 3.65. The Bertz CT molecular complexity index is 862. The van der Waals surface area contributed by atoms with Crippen LogP contribution in [0.2, 0.25) is 0 Å². The summed E-state index contributed by atoms with van der Waals surface area (Å²) in [7, 11) is 1.61. The topological polar surface area (TPSA) is 72.7 Å². The van der Waals surface area contributed by atoms with E-state index in [0.29, 0.717) is 22.7 Å². The number of allylic oxidation sites excluding steroid dienone is 2. The van der Waals surface area contributed by atoms with Gasteiger partial charge < -0.3 is 4.57 Å². The van der Waals surface area contributed by atoms with Crippen molar-refractivity contribution >= 4 is 34.5 Å². The summed E-state index contributed by atoms with van der Waals surface area (Å²) in [5.41, 5.74) is -0.0593. The van der Waals surface area contributed by atoms with E-state index in [4.69, 9.17) is 11.6 Å². The second kappa shape index (κ2) is 9.29. The molecular weight excluding hydrogens is 360 g/mol. The molecule has 0 aromatic carbocycles. The van der Waals surface area contributed by atoms with Crippen molar-refractivity contribution in [2.45, 2.75) is 57.7 Å². The summed E-state index contributed by atoms with van der Waals surface area (Å²) < 4.78 is 3.20. The van der Waals surface area contributed by atoms with Gasteiger partial charge in [-0.15, -0.1) is 0 Å². The molecule has 0 bridgehead atoms. The van der Waals surface area contributed by atoms with Crippen LogP contribution in [0.25, 0.3) is 11.2 Å². The number of aromatic nitrogens is 4. The van der Waals surface area contributed by atoms with Crippen molar-refractivity contribution in [1.29, 1.82) is 0 Å². The number of thioether (sulfide) groups is 1. The smallest absolute Gasteiger partial charge is 0.309 e. The van der Waals surface area contributed by atoms with Gasteiger partial charge in [-0.05, 0) is 13.3 Å². The minimum Gasteiger partial charge on any atom is -0.309 e. The summed E-state index contributed by atoms with van der Waals surface area (Å²) in [6.45, 7) is 4.44. The van der Waals surface area contributed by atoms with Crippen LogP contribution in [0.4, 0.5) is 0 Å². The fraction of sp³-hybridized carbons (Fsp3) is 0.588. The van der Waals surface area contributed by atoms with Gasteiger partial charge in [-0.1, -0.05) is 62.0 Å². The molecule has 0 fully saturated rings. The van der Waals surface area contributed by atoms with Gasteiger partial charge in [0.25, 0.3) is 5.56 Å². The van der Waals surface area contributed by atoms with Gasteiger partial charge in [0.1, 0.15) is 0 Å². The maximum atomic E-state index is 12.3. The van der Waals surface area contributed by atoms with E-state index in [1.807, 2.05) is 10.6 Å². The van der Waals surface area contributed by atoms with Crippen molar-refractivity contribution in [2.75, 3.05) is 5.75 Å². The maximum absolute atomic E-state index is 12.3. The number of hydrogen-bond donors (Lipinski definition) is 1. The molecule has 0 spiro atoms. The molecule has 1 N–H and O–H groups in total. The molecule has 0 saturated heterocycles. The maximum Gasteiger partial charge on any atom is 0.329 e. The second-order valence-corrected chi connectivity index (χ2v) is 7.71. The Hall–Kier alpha value is -1.47. The van der Waals surface area contributed by atoms with Crippen molar-refractivity contribution in [3.63, 3.8) is 0 Å². The summed E-state index contributed by atoms with van der Waals surface area (Å²) in [4.78, 5) is 31.0. The average molecular weight is 385 g/mol. The molecule has 6 nitrogen and oxygen atoms in total. The van der Waals surface area contributed by atoms with E-state index < -0.39 is 11.2 Å². The summed E-state index contributed by atoms with van der Waals surface area (Å²) in [5.74, 6) is 0.933. The van der Waals surface area contributed by atoms with Crippen LogP contribution in [0.1, 0.15) is 46.0 Å². The van der Waals surface area contributed by atoms with Gasteiger partial charge in [-0.3, -0.25) is 14.3 Å². The summed E-state index contributed by atoms with van der Waals surface area (Å²) in [5, 5.41) is 1.39. The molecule has 0 unspecified atom stereocenters. The molecule has 138 valence electrons. The van der Waals surface area contributed by atoms with Crippen molar-refractivity contribution in [1.82, 2.24) is 19.1 Å². The van der Waals surface area contributed by atoms with Crippen LogP contribution in [0.15, 0.2) is 25.9 Å². The number of imidazole rings is 1. The molecule has 0 amide bonds. The highest BCUT2D eigenvalue weighted by Crippen LogP contribution is 2.23. The molecule has 2 rings (SSSR count). The molecule has 2 aromatic heterocycles. The van der Waals surface area contributed by atoms with Crippen molar-refractivity contribution in [2.24, 2.45) is 7.05 Å². The van der Waals surface area contributed by atoms with E-state index in [-0.39, 0.29) is 0 Å². The number of aromatic amines is 1. The predicted molar refractivity (Wildman–Crippen MR) is 105 cm³/mol. The van der Waals surface area contributed by atoms with Crippen LogP contribution < -0.4 is 11.2 Å². The highest BCUT2D eigenvalue weighted by Gasteiger charge is 2.16. The molecular formula is C17H25ClN4O2S. The summed E-state index contributed by atoms with van der Waals surface area (Å²) in [6.07, 6.45) is 7.87. The quantitative estimate of drug-likeness (QED) is 0.529. The summed E-state index contributed by atoms with van der Waals surface area (Å²) >= 11 is 7.57. The van der Waals surface area contributed by atoms with Crippen LogP contribution in [0.3, 0.4) is 0 Å². The number of nitrogens with zero attached hydrogens (tertiary/aromatic N) is 3. The molecule has 2 heterocycles. The second-order valence-electron chi connectivity index (χ2n) is 6.05. The first-order chi connectivity index (χ1) is 12.0. The molecule has 25 heavy (non-hydrogen) atoms. The third kappa shape index (κ3) is 5.01. The third-order valence-corrected chi connectivity index (χ3v) is 5.22. The standard InChI is InChI=1S/C17H25ClN4O2S/c1-4-5-6-7-8-11-25-17-19-14-13(22(17)10-9-12(2)18)15(23)20-16(24)21(14)3/h9H,4-8,10-11H2,1-3H3,(H,20,23,24). The average Bonchev–Trinajstić information content (AvgIpc) is 2.93. The number of rotatable bonds is 9. The lowest BCUT2D eigenvalue weighted by Gasteiger charge is -2.06. The van der Waals surface area contributed by atoms with Gasteiger partial charge in [0.2, 0.25) is 0 Å². The van der Waals surface area contributed by atoms with Crippen LogP contribution in [-0.4, -0.2) is 24.9 Å². The predicted octanol–water partition coefficient (Wildman–Crippen LogP) is 3.63. The Balaban J connectivity index is 2.31. The molecule has 0 saturated carbocycles. The van der Waals surface area contributed by atoms with E-state index in [2.05, 4.69) is 16.9 Å².